The van der Waals surface area contributed by atoms with Crippen LogP contribution in [0.5, 0.6) is 0 Å². The van der Waals surface area contributed by atoms with Crippen LogP contribution in [0.3, 0.4) is 0 Å². The third-order valence-corrected chi connectivity index (χ3v) is 1.28. The van der Waals surface area contributed by atoms with E-state index in [1.165, 1.54) is 0 Å². The molecule has 0 spiro atoms. The van der Waals surface area contributed by atoms with E-state index in [4.69, 9.17) is 5.11 Å². The smallest absolute Gasteiger partial charge is 0.310 e. The molecule has 0 saturated carbocycles. The summed E-state index contributed by atoms with van der Waals surface area (Å²) in [6.45, 7) is 2.40. The zero-order valence-corrected chi connectivity index (χ0v) is 7.50. The Morgan fingerprint density at radius 3 is 2.31 bits per heavy atom. The van der Waals surface area contributed by atoms with Crippen molar-refractivity contribution in [2.24, 2.45) is 0 Å². The third-order valence-electron chi connectivity index (χ3n) is 1.28. The van der Waals surface area contributed by atoms with Gasteiger partial charge >= 0.3 is 5.97 Å². The Kier molecular flexibility index (Phi) is 5.50. The molecule has 0 radical (unpaired) electrons. The van der Waals surface area contributed by atoms with Crippen molar-refractivity contribution in [3.05, 3.63) is 0 Å². The second-order valence-corrected chi connectivity index (χ2v) is 2.64. The van der Waals surface area contributed by atoms with E-state index >= 15 is 0 Å². The van der Waals surface area contributed by atoms with Crippen LogP contribution in [0.15, 0.2) is 0 Å². The zero-order valence-electron chi connectivity index (χ0n) is 7.50. The third kappa shape index (κ3) is 6.99. The van der Waals surface area contributed by atoms with Crippen molar-refractivity contribution in [3.8, 4) is 0 Å². The molecule has 0 aromatic carbocycles. The Bertz CT molecular complexity index is 212. The first-order chi connectivity index (χ1) is 6.06. The molecule has 0 fully saturated rings. The molecular weight excluding hydrogens is 174 g/mol. The molecule has 0 rings (SSSR count). The lowest BCUT2D eigenvalue weighted by atomic mass is 10.2. The number of aliphatic carboxylic acids is 1. The van der Waals surface area contributed by atoms with Crippen molar-refractivity contribution in [2.75, 3.05) is 6.54 Å². The summed E-state index contributed by atoms with van der Waals surface area (Å²) in [5.74, 6) is -2.18. The fourth-order valence-electron chi connectivity index (χ4n) is 0.737. The van der Waals surface area contributed by atoms with E-state index in [1.54, 1.807) is 0 Å². The Morgan fingerprint density at radius 1 is 1.23 bits per heavy atom. The Morgan fingerprint density at radius 2 is 1.85 bits per heavy atom. The van der Waals surface area contributed by atoms with Crippen molar-refractivity contribution >= 4 is 17.7 Å². The van der Waals surface area contributed by atoms with Crippen LogP contribution in [0.4, 0.5) is 0 Å². The van der Waals surface area contributed by atoms with Gasteiger partial charge in [0.15, 0.2) is 5.78 Å². The fourth-order valence-corrected chi connectivity index (χ4v) is 0.737. The van der Waals surface area contributed by atoms with Gasteiger partial charge in [-0.3, -0.25) is 14.4 Å². The van der Waals surface area contributed by atoms with Gasteiger partial charge in [0, 0.05) is 6.54 Å². The summed E-state index contributed by atoms with van der Waals surface area (Å²) in [6.07, 6.45) is -0.134. The van der Waals surface area contributed by atoms with Crippen molar-refractivity contribution < 1.29 is 19.5 Å². The monoisotopic (exact) mass is 187 g/mol. The molecule has 0 aliphatic heterocycles. The van der Waals surface area contributed by atoms with Crippen LogP contribution in [-0.4, -0.2) is 29.3 Å². The van der Waals surface area contributed by atoms with Crippen molar-refractivity contribution in [2.45, 2.75) is 26.2 Å². The molecular formula is C8H13NO4. The van der Waals surface area contributed by atoms with Gasteiger partial charge in [-0.25, -0.2) is 0 Å². The Hall–Kier alpha value is -1.39. The highest BCUT2D eigenvalue weighted by Gasteiger charge is 2.11. The second-order valence-electron chi connectivity index (χ2n) is 2.64. The van der Waals surface area contributed by atoms with Crippen LogP contribution in [0.1, 0.15) is 26.2 Å². The average molecular weight is 187 g/mol. The van der Waals surface area contributed by atoms with Crippen LogP contribution in [0.25, 0.3) is 0 Å². The zero-order chi connectivity index (χ0) is 10.3. The predicted octanol–water partition coefficient (Wildman–Crippen LogP) is -0.0535. The molecule has 5 heteroatoms. The number of carbonyl (C=O) groups excluding carboxylic acids is 2. The highest BCUT2D eigenvalue weighted by Crippen LogP contribution is 1.90. The first-order valence-corrected chi connectivity index (χ1v) is 4.06. The maximum Gasteiger partial charge on any atom is 0.310 e. The lowest BCUT2D eigenvalue weighted by molar-refractivity contribution is -0.140. The quantitative estimate of drug-likeness (QED) is 0.571. The lowest BCUT2D eigenvalue weighted by Gasteiger charge is -2.00. The number of carboxylic acids is 1. The number of hydrogen-bond acceptors (Lipinski definition) is 3. The molecule has 0 atom stereocenters. The van der Waals surface area contributed by atoms with Crippen molar-refractivity contribution in [3.63, 3.8) is 0 Å². The van der Waals surface area contributed by atoms with Crippen LogP contribution >= 0.6 is 0 Å². The highest BCUT2D eigenvalue weighted by molar-refractivity contribution is 6.04. The average Bonchev–Trinajstić information content (AvgIpc) is 1.98. The van der Waals surface area contributed by atoms with Gasteiger partial charge in [-0.2, -0.15) is 0 Å². The van der Waals surface area contributed by atoms with E-state index in [-0.39, 0.29) is 6.42 Å². The highest BCUT2D eigenvalue weighted by atomic mass is 16.4. The maximum atomic E-state index is 10.9. The van der Waals surface area contributed by atoms with Gasteiger partial charge in [-0.15, -0.1) is 0 Å². The van der Waals surface area contributed by atoms with Crippen LogP contribution in [0.2, 0.25) is 0 Å². The number of ketones is 1. The summed E-state index contributed by atoms with van der Waals surface area (Å²) >= 11 is 0. The number of Topliss-reactive ketones (excluding diaryl/α,β-unsaturated/α-hetero) is 1. The summed E-state index contributed by atoms with van der Waals surface area (Å²) in [5, 5.41) is 10.7. The molecule has 0 unspecified atom stereocenters. The topological polar surface area (TPSA) is 83.5 Å². The second kappa shape index (κ2) is 6.16. The summed E-state index contributed by atoms with van der Waals surface area (Å²) in [6, 6.07) is 0. The van der Waals surface area contributed by atoms with Gasteiger partial charge in [0.05, 0.1) is 6.42 Å². The maximum absolute atomic E-state index is 10.9. The minimum absolute atomic E-state index is 0.341. The Balaban J connectivity index is 3.65. The van der Waals surface area contributed by atoms with E-state index in [0.29, 0.717) is 6.54 Å². The SMILES string of the molecule is CCCNC(=O)CC(=O)CC(=O)O. The van der Waals surface area contributed by atoms with Crippen LogP contribution in [-0.2, 0) is 14.4 Å². The first-order valence-electron chi connectivity index (χ1n) is 4.06. The molecule has 0 aromatic rings. The van der Waals surface area contributed by atoms with Gasteiger partial charge < -0.3 is 10.4 Å². The van der Waals surface area contributed by atoms with Crippen molar-refractivity contribution in [1.82, 2.24) is 5.32 Å². The van der Waals surface area contributed by atoms with Gasteiger partial charge in [-0.1, -0.05) is 6.92 Å². The molecule has 0 aromatic heterocycles. The van der Waals surface area contributed by atoms with E-state index in [9.17, 15) is 14.4 Å². The number of carboxylic acid groups (broad SMARTS) is 1. The number of rotatable bonds is 6. The summed E-state index contributed by atoms with van der Waals surface area (Å²) in [4.78, 5) is 31.7. The minimum Gasteiger partial charge on any atom is -0.481 e. The van der Waals surface area contributed by atoms with E-state index < -0.39 is 24.1 Å². The van der Waals surface area contributed by atoms with E-state index in [0.717, 1.165) is 6.42 Å². The van der Waals surface area contributed by atoms with E-state index in [2.05, 4.69) is 5.32 Å². The minimum atomic E-state index is -1.20. The molecule has 0 saturated heterocycles. The molecule has 1 amide bonds. The van der Waals surface area contributed by atoms with Gasteiger partial charge in [0.25, 0.3) is 0 Å². The standard InChI is InChI=1S/C8H13NO4/c1-2-3-9-7(11)4-6(10)5-8(12)13/h2-5H2,1H3,(H,9,11)(H,12,13). The number of nitrogens with one attached hydrogen (secondary N) is 1. The van der Waals surface area contributed by atoms with Crippen LogP contribution < -0.4 is 5.32 Å². The first kappa shape index (κ1) is 11.6. The number of hydrogen-bond donors (Lipinski definition) is 2. The molecule has 2 N–H and O–H groups in total. The van der Waals surface area contributed by atoms with Gasteiger partial charge in [0.1, 0.15) is 6.42 Å². The number of amides is 1. The molecule has 0 bridgehead atoms. The normalized spacial score (nSPS) is 9.31. The van der Waals surface area contributed by atoms with Crippen molar-refractivity contribution in [1.29, 1.82) is 0 Å². The van der Waals surface area contributed by atoms with Gasteiger partial charge in [0.2, 0.25) is 5.91 Å². The summed E-state index contributed by atoms with van der Waals surface area (Å²) in [5.41, 5.74) is 0. The summed E-state index contributed by atoms with van der Waals surface area (Å²) < 4.78 is 0. The number of carbonyl (C=O) groups is 3. The predicted molar refractivity (Wildman–Crippen MR) is 45.2 cm³/mol. The van der Waals surface area contributed by atoms with Gasteiger partial charge in [-0.05, 0) is 6.42 Å². The summed E-state index contributed by atoms with van der Waals surface area (Å²) in [7, 11) is 0. The molecule has 0 heterocycles. The largest absolute Gasteiger partial charge is 0.481 e. The fraction of sp³-hybridized carbons (Fsp3) is 0.625. The molecule has 0 aliphatic carbocycles. The van der Waals surface area contributed by atoms with Crippen LogP contribution in [0, 0.1) is 0 Å². The molecule has 0 aliphatic rings. The lowest BCUT2D eigenvalue weighted by Crippen LogP contribution is -2.26. The van der Waals surface area contributed by atoms with E-state index in [1.807, 2.05) is 6.92 Å². The molecule has 5 nitrogen and oxygen atoms in total. The molecule has 13 heavy (non-hydrogen) atoms. The molecule has 74 valence electrons. The Labute approximate surface area is 76.1 Å².